The fourth-order valence-electron chi connectivity index (χ4n) is 8.94. The molecule has 10 aromatic carbocycles. The third-order valence-corrected chi connectivity index (χ3v) is 11.9. The number of para-hydroxylation sites is 5. The van der Waals surface area contributed by atoms with Gasteiger partial charge in [0, 0.05) is 38.8 Å². The lowest BCUT2D eigenvalue weighted by Crippen LogP contribution is -2.13. The van der Waals surface area contributed by atoms with Crippen LogP contribution in [0, 0.1) is 0 Å². The van der Waals surface area contributed by atoms with Crippen LogP contribution in [-0.4, -0.2) is 0 Å². The third-order valence-electron chi connectivity index (χ3n) is 11.9. The summed E-state index contributed by atoms with van der Waals surface area (Å²) in [7, 11) is 0. The second-order valence-electron chi connectivity index (χ2n) is 15.7. The normalized spacial score (nSPS) is 11.2. The van der Waals surface area contributed by atoms with Crippen molar-refractivity contribution in [3.05, 3.63) is 255 Å². The number of rotatable bonds is 10. The Morgan fingerprint density at radius 1 is 0.254 bits per heavy atom. The maximum Gasteiger partial charge on any atom is 0.159 e. The van der Waals surface area contributed by atoms with Crippen molar-refractivity contribution in [2.24, 2.45) is 0 Å². The summed E-state index contributed by atoms with van der Waals surface area (Å²) >= 11 is 0. The fourth-order valence-corrected chi connectivity index (χ4v) is 8.94. The summed E-state index contributed by atoms with van der Waals surface area (Å²) in [5, 5.41) is 2.18. The highest BCUT2D eigenvalue weighted by Gasteiger charge is 2.24. The van der Waals surface area contributed by atoms with Gasteiger partial charge in [-0.15, -0.1) is 0 Å². The molecule has 0 N–H and O–H groups in total. The molecule has 3 heteroatoms. The van der Waals surface area contributed by atoms with E-state index in [0.717, 1.165) is 95.0 Å². The van der Waals surface area contributed by atoms with Gasteiger partial charge in [0.2, 0.25) is 0 Å². The van der Waals surface area contributed by atoms with Crippen LogP contribution in [0.15, 0.2) is 259 Å². The fraction of sp³-hybridized carbons (Fsp3) is 0. The summed E-state index contributed by atoms with van der Waals surface area (Å²) in [5.74, 6) is 0. The van der Waals surface area contributed by atoms with Crippen LogP contribution in [0.5, 0.6) is 0 Å². The summed E-state index contributed by atoms with van der Waals surface area (Å²) in [5.41, 5.74) is 17.1. The Morgan fingerprint density at radius 2 is 0.667 bits per heavy atom. The third kappa shape index (κ3) is 7.12. The van der Waals surface area contributed by atoms with Crippen LogP contribution in [0.1, 0.15) is 0 Å². The first-order chi connectivity index (χ1) is 31.3. The highest BCUT2D eigenvalue weighted by molar-refractivity contribution is 6.11. The lowest BCUT2D eigenvalue weighted by molar-refractivity contribution is 0.669. The first-order valence-electron chi connectivity index (χ1n) is 21.4. The van der Waals surface area contributed by atoms with E-state index in [0.29, 0.717) is 0 Å². The number of hydrogen-bond donors (Lipinski definition) is 0. The van der Waals surface area contributed by atoms with Crippen LogP contribution in [0.2, 0.25) is 0 Å². The van der Waals surface area contributed by atoms with Gasteiger partial charge < -0.3 is 14.2 Å². The molecule has 0 atom stereocenters. The highest BCUT2D eigenvalue weighted by atomic mass is 16.3. The summed E-state index contributed by atoms with van der Waals surface area (Å²) in [6.45, 7) is 0. The summed E-state index contributed by atoms with van der Waals surface area (Å²) in [4.78, 5) is 4.78. The molecule has 0 fully saturated rings. The minimum Gasteiger partial charge on any atom is -0.454 e. The molecule has 0 saturated carbocycles. The molecule has 0 spiro atoms. The Balaban J connectivity index is 1.11. The Labute approximate surface area is 368 Å². The van der Waals surface area contributed by atoms with Gasteiger partial charge in [-0.1, -0.05) is 200 Å². The first-order valence-corrected chi connectivity index (χ1v) is 21.4. The number of anilines is 6. The number of furan rings is 1. The van der Waals surface area contributed by atoms with E-state index in [-0.39, 0.29) is 0 Å². The van der Waals surface area contributed by atoms with Crippen molar-refractivity contribution in [1.82, 2.24) is 0 Å². The smallest absolute Gasteiger partial charge is 0.159 e. The van der Waals surface area contributed by atoms with Crippen molar-refractivity contribution in [3.63, 3.8) is 0 Å². The maximum absolute atomic E-state index is 6.74. The average molecular weight is 807 g/mol. The van der Waals surface area contributed by atoms with Crippen LogP contribution in [0.25, 0.3) is 66.4 Å². The number of nitrogens with zero attached hydrogens (tertiary/aromatic N) is 2. The Morgan fingerprint density at radius 3 is 1.27 bits per heavy atom. The molecule has 1 aromatic heterocycles. The molecule has 0 aliphatic carbocycles. The van der Waals surface area contributed by atoms with E-state index in [4.69, 9.17) is 4.42 Å². The zero-order valence-electron chi connectivity index (χ0n) is 34.6. The van der Waals surface area contributed by atoms with Crippen molar-refractivity contribution >= 4 is 56.1 Å². The van der Waals surface area contributed by atoms with Crippen molar-refractivity contribution in [1.29, 1.82) is 0 Å². The van der Waals surface area contributed by atoms with E-state index in [1.165, 1.54) is 5.56 Å². The molecule has 3 nitrogen and oxygen atoms in total. The van der Waals surface area contributed by atoms with Crippen LogP contribution >= 0.6 is 0 Å². The molecule has 0 aliphatic rings. The monoisotopic (exact) mass is 806 g/mol. The maximum atomic E-state index is 6.74. The molecule has 11 rings (SSSR count). The standard InChI is InChI=1S/C60H42N2O/c1-4-20-43(21-5-1)44-38-40-48(41-39-44)61(58-36-19-32-54-53-31-13-17-37-59(53)63-60(54)58)57-35-16-12-30-52(57)47-26-18-27-49(42-47)62(55-33-14-10-28-50(55)45-22-6-2-7-23-45)56-34-15-11-29-51(56)46-24-8-3-9-25-46/h1-42H. The van der Waals surface area contributed by atoms with E-state index in [1.54, 1.807) is 0 Å². The lowest BCUT2D eigenvalue weighted by Gasteiger charge is -2.31. The highest BCUT2D eigenvalue weighted by Crippen LogP contribution is 2.48. The SMILES string of the molecule is c1ccc(-c2ccc(N(c3ccccc3-c3cccc(N(c4ccccc4-c4ccccc4)c4ccccc4-c4ccccc4)c3)c3cccc4c3oc3ccccc34)cc2)cc1. The minimum absolute atomic E-state index is 0.843. The van der Waals surface area contributed by atoms with Crippen LogP contribution in [0.3, 0.4) is 0 Å². The second-order valence-corrected chi connectivity index (χ2v) is 15.7. The number of hydrogen-bond acceptors (Lipinski definition) is 3. The first kappa shape index (κ1) is 37.6. The molecule has 0 bridgehead atoms. The van der Waals surface area contributed by atoms with Crippen molar-refractivity contribution in [2.45, 2.75) is 0 Å². The Kier molecular flexibility index (Phi) is 9.89. The molecule has 11 aromatic rings. The topological polar surface area (TPSA) is 19.6 Å². The van der Waals surface area contributed by atoms with Gasteiger partial charge in [0.1, 0.15) is 5.58 Å². The van der Waals surface area contributed by atoms with Crippen molar-refractivity contribution in [2.75, 3.05) is 9.80 Å². The van der Waals surface area contributed by atoms with Gasteiger partial charge in [-0.2, -0.15) is 0 Å². The summed E-state index contributed by atoms with van der Waals surface area (Å²) < 4.78 is 6.74. The van der Waals surface area contributed by atoms with E-state index < -0.39 is 0 Å². The van der Waals surface area contributed by atoms with E-state index in [1.807, 2.05) is 6.07 Å². The van der Waals surface area contributed by atoms with E-state index in [9.17, 15) is 0 Å². The van der Waals surface area contributed by atoms with Crippen LogP contribution in [-0.2, 0) is 0 Å². The van der Waals surface area contributed by atoms with Gasteiger partial charge in [-0.3, -0.25) is 0 Å². The second kappa shape index (κ2) is 16.6. The van der Waals surface area contributed by atoms with Gasteiger partial charge in [0.15, 0.2) is 5.58 Å². The molecular weight excluding hydrogens is 765 g/mol. The van der Waals surface area contributed by atoms with Gasteiger partial charge in [0.05, 0.1) is 22.7 Å². The quantitative estimate of drug-likeness (QED) is 0.137. The van der Waals surface area contributed by atoms with E-state index >= 15 is 0 Å². The minimum atomic E-state index is 0.843. The summed E-state index contributed by atoms with van der Waals surface area (Å²) in [6, 6.07) is 90.7. The Hall–Kier alpha value is -8.40. The van der Waals surface area contributed by atoms with Gasteiger partial charge in [0.25, 0.3) is 0 Å². The van der Waals surface area contributed by atoms with Gasteiger partial charge in [-0.25, -0.2) is 0 Å². The number of fused-ring (bicyclic) bond motifs is 3. The molecule has 0 aliphatic heterocycles. The van der Waals surface area contributed by atoms with Gasteiger partial charge >= 0.3 is 0 Å². The van der Waals surface area contributed by atoms with Gasteiger partial charge in [-0.05, 0) is 82.4 Å². The molecule has 1 heterocycles. The molecule has 0 radical (unpaired) electrons. The van der Waals surface area contributed by atoms with E-state index in [2.05, 4.69) is 259 Å². The predicted octanol–water partition coefficient (Wildman–Crippen LogP) is 17.2. The van der Waals surface area contributed by atoms with Crippen molar-refractivity contribution in [3.8, 4) is 44.5 Å². The molecule has 0 unspecified atom stereocenters. The molecule has 0 amide bonds. The van der Waals surface area contributed by atoms with Crippen molar-refractivity contribution < 1.29 is 4.42 Å². The zero-order chi connectivity index (χ0) is 42.0. The lowest BCUT2D eigenvalue weighted by atomic mass is 9.97. The predicted molar refractivity (Wildman–Crippen MR) is 265 cm³/mol. The average Bonchev–Trinajstić information content (AvgIpc) is 3.75. The molecule has 63 heavy (non-hydrogen) atoms. The molecular formula is C60H42N2O. The summed E-state index contributed by atoms with van der Waals surface area (Å²) in [6.07, 6.45) is 0. The number of benzene rings is 10. The zero-order valence-corrected chi connectivity index (χ0v) is 34.6. The van der Waals surface area contributed by atoms with Crippen LogP contribution in [0.4, 0.5) is 34.1 Å². The Bertz CT molecular complexity index is 3260. The molecule has 298 valence electrons. The largest absolute Gasteiger partial charge is 0.454 e. The molecule has 0 saturated heterocycles. The van der Waals surface area contributed by atoms with Crippen LogP contribution < -0.4 is 9.80 Å².